The molecule has 0 amide bonds. The van der Waals surface area contributed by atoms with E-state index < -0.39 is 11.7 Å². The maximum atomic E-state index is 12.6. The molecule has 0 aliphatic heterocycles. The molecule has 0 radical (unpaired) electrons. The molecule has 0 spiro atoms. The summed E-state index contributed by atoms with van der Waals surface area (Å²) in [7, 11) is 0. The molecule has 0 unspecified atom stereocenters. The second-order valence-electron chi connectivity index (χ2n) is 3.48. The van der Waals surface area contributed by atoms with Gasteiger partial charge in [0.15, 0.2) is 0 Å². The highest BCUT2D eigenvalue weighted by molar-refractivity contribution is 7.98. The van der Waals surface area contributed by atoms with Gasteiger partial charge in [-0.15, -0.1) is 0 Å². The summed E-state index contributed by atoms with van der Waals surface area (Å²) in [6, 6.07) is 5.24. The summed E-state index contributed by atoms with van der Waals surface area (Å²) < 4.78 is 42.7. The van der Waals surface area contributed by atoms with E-state index in [1.54, 1.807) is 12.1 Å². The molecule has 7 heteroatoms. The molecule has 0 fully saturated rings. The summed E-state index contributed by atoms with van der Waals surface area (Å²) >= 11 is 1.14. The number of alkyl halides is 3. The molecule has 2 aromatic rings. The first-order valence-electron chi connectivity index (χ1n) is 4.95. The fraction of sp³-hybridized carbons (Fsp3) is 0.182. The molecule has 0 saturated carbocycles. The van der Waals surface area contributed by atoms with E-state index in [0.29, 0.717) is 11.5 Å². The van der Waals surface area contributed by atoms with E-state index in [9.17, 15) is 13.2 Å². The van der Waals surface area contributed by atoms with Crippen LogP contribution in [0, 0.1) is 0 Å². The van der Waals surface area contributed by atoms with Crippen molar-refractivity contribution < 1.29 is 17.6 Å². The normalized spacial score (nSPS) is 11.7. The number of pyridine rings is 1. The van der Waals surface area contributed by atoms with Crippen molar-refractivity contribution in [1.82, 2.24) is 4.98 Å². The van der Waals surface area contributed by atoms with Crippen molar-refractivity contribution in [3.63, 3.8) is 0 Å². The fourth-order valence-electron chi connectivity index (χ4n) is 1.30. The van der Waals surface area contributed by atoms with Crippen molar-refractivity contribution in [2.75, 3.05) is 5.73 Å². The van der Waals surface area contributed by atoms with E-state index >= 15 is 0 Å². The molecule has 2 heterocycles. The average molecular weight is 274 g/mol. The number of hydrogen-bond acceptors (Lipinski definition) is 4. The number of rotatable bonds is 3. The van der Waals surface area contributed by atoms with Crippen LogP contribution in [0.4, 0.5) is 19.0 Å². The third-order valence-electron chi connectivity index (χ3n) is 2.09. The summed E-state index contributed by atoms with van der Waals surface area (Å²) in [4.78, 5) is 3.85. The van der Waals surface area contributed by atoms with E-state index in [1.807, 2.05) is 0 Å². The number of nitrogen functional groups attached to an aromatic ring is 1. The van der Waals surface area contributed by atoms with Gasteiger partial charge < -0.3 is 10.2 Å². The Morgan fingerprint density at radius 1 is 1.33 bits per heavy atom. The Morgan fingerprint density at radius 3 is 2.72 bits per heavy atom. The van der Waals surface area contributed by atoms with Gasteiger partial charge in [-0.3, -0.25) is 0 Å². The zero-order valence-electron chi connectivity index (χ0n) is 9.07. The molecule has 0 saturated heterocycles. The van der Waals surface area contributed by atoms with E-state index in [2.05, 4.69) is 4.98 Å². The second-order valence-corrected chi connectivity index (χ2v) is 4.48. The van der Waals surface area contributed by atoms with Crippen LogP contribution in [0.5, 0.6) is 0 Å². The topological polar surface area (TPSA) is 52.0 Å². The molecular weight excluding hydrogens is 265 g/mol. The van der Waals surface area contributed by atoms with Gasteiger partial charge in [-0.25, -0.2) is 4.98 Å². The quantitative estimate of drug-likeness (QED) is 0.869. The molecule has 18 heavy (non-hydrogen) atoms. The summed E-state index contributed by atoms with van der Waals surface area (Å²) in [5, 5.41) is 0.221. The highest BCUT2D eigenvalue weighted by Crippen LogP contribution is 2.33. The Kier molecular flexibility index (Phi) is 3.51. The third-order valence-corrected chi connectivity index (χ3v) is 3.03. The van der Waals surface area contributed by atoms with Crippen molar-refractivity contribution in [3.05, 3.63) is 41.9 Å². The molecule has 2 N–H and O–H groups in total. The minimum absolute atomic E-state index is 0.147. The number of aromatic nitrogens is 1. The molecule has 0 aromatic carbocycles. The predicted octanol–water partition coefficient (Wildman–Crippen LogP) is 3.57. The van der Waals surface area contributed by atoms with Gasteiger partial charge >= 0.3 is 6.18 Å². The van der Waals surface area contributed by atoms with Gasteiger partial charge in [0, 0.05) is 0 Å². The van der Waals surface area contributed by atoms with Crippen molar-refractivity contribution in [2.45, 2.75) is 17.0 Å². The lowest BCUT2D eigenvalue weighted by Gasteiger charge is -2.09. The minimum atomic E-state index is -4.42. The van der Waals surface area contributed by atoms with E-state index in [1.165, 1.54) is 6.26 Å². The number of furan rings is 1. The van der Waals surface area contributed by atoms with Gasteiger partial charge in [0.1, 0.15) is 11.6 Å². The minimum Gasteiger partial charge on any atom is -0.468 e. The summed E-state index contributed by atoms with van der Waals surface area (Å²) in [6.45, 7) is 0. The van der Waals surface area contributed by atoms with Gasteiger partial charge in [-0.2, -0.15) is 13.2 Å². The summed E-state index contributed by atoms with van der Waals surface area (Å²) in [6.07, 6.45) is -2.92. The number of nitrogens with zero attached hydrogens (tertiary/aromatic N) is 1. The molecule has 96 valence electrons. The van der Waals surface area contributed by atoms with Crippen LogP contribution in [0.1, 0.15) is 11.3 Å². The Labute approximate surface area is 105 Å². The monoisotopic (exact) mass is 274 g/mol. The molecule has 0 aliphatic rings. The average Bonchev–Trinajstić information content (AvgIpc) is 2.77. The molecule has 0 bridgehead atoms. The highest BCUT2D eigenvalue weighted by Gasteiger charge is 2.31. The van der Waals surface area contributed by atoms with Gasteiger partial charge in [0.05, 0.1) is 22.6 Å². The van der Waals surface area contributed by atoms with Crippen LogP contribution in [0.2, 0.25) is 0 Å². The van der Waals surface area contributed by atoms with Gasteiger partial charge in [0.25, 0.3) is 0 Å². The molecular formula is C11H9F3N2OS. The number of halogens is 3. The van der Waals surface area contributed by atoms with Crippen LogP contribution in [-0.4, -0.2) is 4.98 Å². The lowest BCUT2D eigenvalue weighted by atomic mass is 10.2. The molecule has 2 aromatic heterocycles. The Hall–Kier alpha value is -1.63. The van der Waals surface area contributed by atoms with Gasteiger partial charge in [-0.05, 0) is 24.3 Å². The van der Waals surface area contributed by atoms with Crippen LogP contribution >= 0.6 is 11.8 Å². The van der Waals surface area contributed by atoms with Gasteiger partial charge in [0.2, 0.25) is 0 Å². The number of hydrogen-bond donors (Lipinski definition) is 1. The lowest BCUT2D eigenvalue weighted by molar-refractivity contribution is -0.137. The van der Waals surface area contributed by atoms with Crippen LogP contribution in [0.15, 0.2) is 40.0 Å². The second kappa shape index (κ2) is 4.93. The first kappa shape index (κ1) is 12.8. The first-order valence-corrected chi connectivity index (χ1v) is 5.93. The fourth-order valence-corrected chi connectivity index (χ4v) is 2.14. The van der Waals surface area contributed by atoms with Crippen molar-refractivity contribution >= 4 is 17.6 Å². The smallest absolute Gasteiger partial charge is 0.416 e. The van der Waals surface area contributed by atoms with Crippen LogP contribution in [0.25, 0.3) is 0 Å². The Balaban J connectivity index is 2.15. The Morgan fingerprint density at radius 2 is 2.11 bits per heavy atom. The highest BCUT2D eigenvalue weighted by atomic mass is 32.2. The third kappa shape index (κ3) is 3.19. The first-order chi connectivity index (χ1) is 8.45. The summed E-state index contributed by atoms with van der Waals surface area (Å²) in [5.74, 6) is 0.922. The lowest BCUT2D eigenvalue weighted by Crippen LogP contribution is -2.07. The van der Waals surface area contributed by atoms with E-state index in [-0.39, 0.29) is 10.8 Å². The van der Waals surface area contributed by atoms with E-state index in [0.717, 1.165) is 23.9 Å². The summed E-state index contributed by atoms with van der Waals surface area (Å²) in [5.41, 5.74) is 4.56. The maximum absolute atomic E-state index is 12.6. The molecule has 2 rings (SSSR count). The number of anilines is 1. The predicted molar refractivity (Wildman–Crippen MR) is 61.9 cm³/mol. The zero-order chi connectivity index (χ0) is 13.2. The van der Waals surface area contributed by atoms with Crippen molar-refractivity contribution in [3.8, 4) is 0 Å². The molecule has 0 atom stereocenters. The van der Waals surface area contributed by atoms with Crippen LogP contribution in [-0.2, 0) is 11.9 Å². The molecule has 3 nitrogen and oxygen atoms in total. The molecule has 0 aliphatic carbocycles. The zero-order valence-corrected chi connectivity index (χ0v) is 9.89. The van der Waals surface area contributed by atoms with E-state index in [4.69, 9.17) is 10.2 Å². The van der Waals surface area contributed by atoms with Crippen LogP contribution < -0.4 is 5.73 Å². The maximum Gasteiger partial charge on any atom is 0.416 e. The Bertz CT molecular complexity index is 526. The SMILES string of the molecule is Nc1cc(C(F)(F)F)cc(SCc2ccco2)n1. The van der Waals surface area contributed by atoms with Gasteiger partial charge in [-0.1, -0.05) is 11.8 Å². The van der Waals surface area contributed by atoms with Crippen LogP contribution in [0.3, 0.4) is 0 Å². The standard InChI is InChI=1S/C11H9F3N2OS/c12-11(13,14)7-4-9(15)16-10(5-7)18-6-8-2-1-3-17-8/h1-5H,6H2,(H2,15,16). The largest absolute Gasteiger partial charge is 0.468 e. The number of thioether (sulfide) groups is 1. The van der Waals surface area contributed by atoms with Crippen molar-refractivity contribution in [2.24, 2.45) is 0 Å². The van der Waals surface area contributed by atoms with Crippen molar-refractivity contribution in [1.29, 1.82) is 0 Å². The number of nitrogens with two attached hydrogens (primary N) is 1.